The Kier molecular flexibility index (Phi) is 2.73. The SMILES string of the molecule is N#Cc1ccc(C2NC(=O)NC2=O)c(-c2ccco2)c1. The monoisotopic (exact) mass is 267 g/mol. The zero-order chi connectivity index (χ0) is 14.1. The highest BCUT2D eigenvalue weighted by Crippen LogP contribution is 2.31. The zero-order valence-electron chi connectivity index (χ0n) is 10.2. The van der Waals surface area contributed by atoms with Crippen molar-refractivity contribution >= 4 is 11.9 Å². The second kappa shape index (κ2) is 4.55. The molecule has 0 aliphatic carbocycles. The highest BCUT2D eigenvalue weighted by atomic mass is 16.3. The molecule has 0 saturated carbocycles. The maximum Gasteiger partial charge on any atom is 0.322 e. The molecule has 2 heterocycles. The van der Waals surface area contributed by atoms with Crippen LogP contribution >= 0.6 is 0 Å². The molecule has 6 nitrogen and oxygen atoms in total. The van der Waals surface area contributed by atoms with E-state index in [0.29, 0.717) is 22.5 Å². The minimum atomic E-state index is -0.782. The highest BCUT2D eigenvalue weighted by Gasteiger charge is 2.33. The van der Waals surface area contributed by atoms with Crippen molar-refractivity contribution in [2.24, 2.45) is 0 Å². The predicted octanol–water partition coefficient (Wildman–Crippen LogP) is 1.70. The third-order valence-electron chi connectivity index (χ3n) is 3.05. The number of amides is 3. The molecule has 0 bridgehead atoms. The number of nitriles is 1. The average molecular weight is 267 g/mol. The van der Waals surface area contributed by atoms with E-state index in [1.807, 2.05) is 6.07 Å². The molecule has 1 saturated heterocycles. The van der Waals surface area contributed by atoms with E-state index in [-0.39, 0.29) is 0 Å². The molecule has 1 fully saturated rings. The molecule has 98 valence electrons. The molecule has 20 heavy (non-hydrogen) atoms. The van der Waals surface area contributed by atoms with E-state index < -0.39 is 18.0 Å². The van der Waals surface area contributed by atoms with Crippen LogP contribution in [0, 0.1) is 11.3 Å². The lowest BCUT2D eigenvalue weighted by Crippen LogP contribution is -2.22. The second-order valence-corrected chi connectivity index (χ2v) is 4.29. The van der Waals surface area contributed by atoms with Gasteiger partial charge in [-0.2, -0.15) is 5.26 Å². The van der Waals surface area contributed by atoms with E-state index in [1.165, 1.54) is 6.26 Å². The lowest BCUT2D eigenvalue weighted by atomic mass is 9.96. The number of nitrogens with zero attached hydrogens (tertiary/aromatic N) is 1. The van der Waals surface area contributed by atoms with Gasteiger partial charge in [-0.3, -0.25) is 10.1 Å². The van der Waals surface area contributed by atoms with Gasteiger partial charge in [0.2, 0.25) is 0 Å². The van der Waals surface area contributed by atoms with Crippen molar-refractivity contribution in [3.63, 3.8) is 0 Å². The van der Waals surface area contributed by atoms with E-state index in [1.54, 1.807) is 30.3 Å². The third kappa shape index (κ3) is 1.91. The zero-order valence-corrected chi connectivity index (χ0v) is 10.2. The van der Waals surface area contributed by atoms with Gasteiger partial charge >= 0.3 is 6.03 Å². The van der Waals surface area contributed by atoms with E-state index in [9.17, 15) is 9.59 Å². The van der Waals surface area contributed by atoms with Crippen LogP contribution in [0.5, 0.6) is 0 Å². The Balaban J connectivity index is 2.14. The Morgan fingerprint density at radius 1 is 1.25 bits per heavy atom. The molecule has 1 atom stereocenters. The number of hydrogen-bond donors (Lipinski definition) is 2. The lowest BCUT2D eigenvalue weighted by molar-refractivity contribution is -0.120. The van der Waals surface area contributed by atoms with Crippen LogP contribution in [0.15, 0.2) is 41.0 Å². The van der Waals surface area contributed by atoms with Crippen LogP contribution in [-0.4, -0.2) is 11.9 Å². The molecular weight excluding hydrogens is 258 g/mol. The number of furan rings is 1. The fourth-order valence-electron chi connectivity index (χ4n) is 2.16. The van der Waals surface area contributed by atoms with Crippen molar-refractivity contribution in [3.05, 3.63) is 47.7 Å². The van der Waals surface area contributed by atoms with Gasteiger partial charge in [-0.15, -0.1) is 0 Å². The van der Waals surface area contributed by atoms with E-state index >= 15 is 0 Å². The van der Waals surface area contributed by atoms with Crippen molar-refractivity contribution in [2.75, 3.05) is 0 Å². The van der Waals surface area contributed by atoms with Gasteiger partial charge in [0.15, 0.2) is 0 Å². The second-order valence-electron chi connectivity index (χ2n) is 4.29. The van der Waals surface area contributed by atoms with Crippen LogP contribution in [-0.2, 0) is 4.79 Å². The molecule has 1 aromatic heterocycles. The summed E-state index contributed by atoms with van der Waals surface area (Å²) >= 11 is 0. The standard InChI is InChI=1S/C14H9N3O3/c15-7-8-3-4-9(12-13(18)17-14(19)16-12)10(6-8)11-2-1-5-20-11/h1-6,12H,(H2,16,17,18,19). The van der Waals surface area contributed by atoms with Crippen molar-refractivity contribution in [3.8, 4) is 17.4 Å². The van der Waals surface area contributed by atoms with Gasteiger partial charge in [0.25, 0.3) is 5.91 Å². The number of urea groups is 1. The summed E-state index contributed by atoms with van der Waals surface area (Å²) in [5.74, 6) is 0.110. The maximum atomic E-state index is 11.8. The van der Waals surface area contributed by atoms with Crippen LogP contribution in [0.2, 0.25) is 0 Å². The van der Waals surface area contributed by atoms with Crippen LogP contribution in [0.25, 0.3) is 11.3 Å². The van der Waals surface area contributed by atoms with Crippen molar-refractivity contribution in [1.82, 2.24) is 10.6 Å². The first-order valence-corrected chi connectivity index (χ1v) is 5.88. The minimum Gasteiger partial charge on any atom is -0.464 e. The summed E-state index contributed by atoms with van der Waals surface area (Å²) in [7, 11) is 0. The fraction of sp³-hybridized carbons (Fsp3) is 0.0714. The van der Waals surface area contributed by atoms with Crippen LogP contribution < -0.4 is 10.6 Å². The van der Waals surface area contributed by atoms with Crippen molar-refractivity contribution in [1.29, 1.82) is 5.26 Å². The Morgan fingerprint density at radius 3 is 2.70 bits per heavy atom. The van der Waals surface area contributed by atoms with Gasteiger partial charge in [-0.05, 0) is 29.8 Å². The topological polar surface area (TPSA) is 95.1 Å². The molecule has 1 aliphatic heterocycles. The summed E-state index contributed by atoms with van der Waals surface area (Å²) in [5.41, 5.74) is 1.64. The summed E-state index contributed by atoms with van der Waals surface area (Å²) in [6, 6.07) is 9.04. The maximum absolute atomic E-state index is 11.8. The number of hydrogen-bond acceptors (Lipinski definition) is 4. The van der Waals surface area contributed by atoms with E-state index in [4.69, 9.17) is 9.68 Å². The Hall–Kier alpha value is -3.07. The van der Waals surface area contributed by atoms with Crippen LogP contribution in [0.4, 0.5) is 4.79 Å². The molecule has 2 aromatic rings. The Bertz CT molecular complexity index is 729. The molecule has 6 heteroatoms. The first kappa shape index (κ1) is 12.0. The highest BCUT2D eigenvalue weighted by molar-refractivity contribution is 6.05. The van der Waals surface area contributed by atoms with Gasteiger partial charge in [0.1, 0.15) is 11.8 Å². The van der Waals surface area contributed by atoms with Gasteiger partial charge in [-0.25, -0.2) is 4.79 Å². The number of imide groups is 1. The van der Waals surface area contributed by atoms with Gasteiger partial charge < -0.3 is 9.73 Å². The molecule has 1 aromatic carbocycles. The predicted molar refractivity (Wildman–Crippen MR) is 68.3 cm³/mol. The molecule has 1 aliphatic rings. The Morgan fingerprint density at radius 2 is 2.10 bits per heavy atom. The average Bonchev–Trinajstić information content (AvgIpc) is 3.08. The fourth-order valence-corrected chi connectivity index (χ4v) is 2.16. The molecule has 0 radical (unpaired) electrons. The van der Waals surface area contributed by atoms with Crippen LogP contribution in [0.1, 0.15) is 17.2 Å². The summed E-state index contributed by atoms with van der Waals surface area (Å²) in [5, 5.41) is 13.7. The molecule has 1 unspecified atom stereocenters. The van der Waals surface area contributed by atoms with E-state index in [0.717, 1.165) is 0 Å². The van der Waals surface area contributed by atoms with Gasteiger partial charge in [0.05, 0.1) is 17.9 Å². The molecule has 3 amide bonds. The summed E-state index contributed by atoms with van der Waals surface area (Å²) in [6.07, 6.45) is 1.51. The first-order valence-electron chi connectivity index (χ1n) is 5.88. The molecule has 2 N–H and O–H groups in total. The first-order chi connectivity index (χ1) is 9.69. The number of carbonyl (C=O) groups excluding carboxylic acids is 2. The Labute approximate surface area is 114 Å². The summed E-state index contributed by atoms with van der Waals surface area (Å²) in [4.78, 5) is 23.0. The largest absolute Gasteiger partial charge is 0.464 e. The normalized spacial score (nSPS) is 17.4. The quantitative estimate of drug-likeness (QED) is 0.809. The van der Waals surface area contributed by atoms with E-state index in [2.05, 4.69) is 10.6 Å². The summed E-state index contributed by atoms with van der Waals surface area (Å²) in [6.45, 7) is 0. The molecule has 0 spiro atoms. The number of nitrogens with one attached hydrogen (secondary N) is 2. The smallest absolute Gasteiger partial charge is 0.322 e. The third-order valence-corrected chi connectivity index (χ3v) is 3.05. The molecular formula is C14H9N3O3. The minimum absolute atomic E-state index is 0.424. The number of rotatable bonds is 2. The lowest BCUT2D eigenvalue weighted by Gasteiger charge is -2.12. The van der Waals surface area contributed by atoms with Crippen molar-refractivity contribution in [2.45, 2.75) is 6.04 Å². The van der Waals surface area contributed by atoms with Gasteiger partial charge in [-0.1, -0.05) is 6.07 Å². The molecule has 3 rings (SSSR count). The van der Waals surface area contributed by atoms with Gasteiger partial charge in [0, 0.05) is 5.56 Å². The van der Waals surface area contributed by atoms with Crippen molar-refractivity contribution < 1.29 is 14.0 Å². The van der Waals surface area contributed by atoms with Crippen LogP contribution in [0.3, 0.4) is 0 Å². The summed E-state index contributed by atoms with van der Waals surface area (Å²) < 4.78 is 5.33. The number of carbonyl (C=O) groups is 2. The number of benzene rings is 1.